The van der Waals surface area contributed by atoms with E-state index in [-0.39, 0.29) is 6.04 Å². The SMILES string of the molecule is c1ccc2c(c1)CCCC2Nc1ncc2c(n1)Nc1ccccc1-n1nnnc1-2. The van der Waals surface area contributed by atoms with Crippen LogP contribution in [-0.2, 0) is 6.42 Å². The number of tetrazole rings is 1. The second-order valence-electron chi connectivity index (χ2n) is 7.30. The van der Waals surface area contributed by atoms with Crippen LogP contribution in [0.2, 0.25) is 0 Å². The van der Waals surface area contributed by atoms with Crippen LogP contribution in [0.25, 0.3) is 17.1 Å². The van der Waals surface area contributed by atoms with Crippen LogP contribution in [0.3, 0.4) is 0 Å². The maximum Gasteiger partial charge on any atom is 0.225 e. The summed E-state index contributed by atoms with van der Waals surface area (Å²) in [6, 6.07) is 16.7. The Kier molecular flexibility index (Phi) is 3.55. The fourth-order valence-electron chi connectivity index (χ4n) is 4.18. The molecule has 142 valence electrons. The van der Waals surface area contributed by atoms with E-state index in [1.807, 2.05) is 24.3 Å². The van der Waals surface area contributed by atoms with Crippen molar-refractivity contribution in [3.05, 3.63) is 65.9 Å². The molecule has 0 saturated carbocycles. The summed E-state index contributed by atoms with van der Waals surface area (Å²) in [7, 11) is 0. The normalized spacial score (nSPS) is 16.5. The van der Waals surface area contributed by atoms with Gasteiger partial charge in [0.2, 0.25) is 5.95 Å². The lowest BCUT2D eigenvalue weighted by atomic mass is 9.88. The number of aromatic nitrogens is 6. The van der Waals surface area contributed by atoms with Crippen molar-refractivity contribution in [3.8, 4) is 17.1 Å². The highest BCUT2D eigenvalue weighted by atomic mass is 15.5. The van der Waals surface area contributed by atoms with Gasteiger partial charge in [-0.3, -0.25) is 0 Å². The molecule has 0 amide bonds. The van der Waals surface area contributed by atoms with Crippen LogP contribution >= 0.6 is 0 Å². The molecule has 6 rings (SSSR count). The molecule has 0 bridgehead atoms. The molecule has 0 saturated heterocycles. The first-order valence-electron chi connectivity index (χ1n) is 9.73. The average Bonchev–Trinajstić information content (AvgIpc) is 3.20. The van der Waals surface area contributed by atoms with E-state index >= 15 is 0 Å². The quantitative estimate of drug-likeness (QED) is 0.481. The van der Waals surface area contributed by atoms with Gasteiger partial charge in [0.1, 0.15) is 5.82 Å². The summed E-state index contributed by atoms with van der Waals surface area (Å²) in [5.41, 5.74) is 5.27. The van der Waals surface area contributed by atoms with E-state index in [4.69, 9.17) is 4.98 Å². The van der Waals surface area contributed by atoms with Crippen LogP contribution in [0.15, 0.2) is 54.7 Å². The van der Waals surface area contributed by atoms with E-state index in [1.54, 1.807) is 10.9 Å². The second kappa shape index (κ2) is 6.37. The minimum Gasteiger partial charge on any atom is -0.347 e. The Balaban J connectivity index is 1.40. The average molecular weight is 382 g/mol. The zero-order chi connectivity index (χ0) is 19.2. The lowest BCUT2D eigenvalue weighted by molar-refractivity contribution is 0.596. The van der Waals surface area contributed by atoms with Crippen molar-refractivity contribution in [2.24, 2.45) is 0 Å². The Hall–Kier alpha value is -3.81. The Morgan fingerprint density at radius 1 is 1.07 bits per heavy atom. The molecule has 29 heavy (non-hydrogen) atoms. The molecule has 0 spiro atoms. The molecule has 2 aromatic carbocycles. The van der Waals surface area contributed by atoms with Crippen LogP contribution in [0.1, 0.15) is 30.0 Å². The van der Waals surface area contributed by atoms with E-state index in [0.29, 0.717) is 17.6 Å². The number of hydrogen-bond acceptors (Lipinski definition) is 7. The predicted molar refractivity (Wildman–Crippen MR) is 109 cm³/mol. The van der Waals surface area contributed by atoms with E-state index in [0.717, 1.165) is 36.2 Å². The number of hydrogen-bond donors (Lipinski definition) is 2. The highest BCUT2D eigenvalue weighted by Crippen LogP contribution is 2.36. The van der Waals surface area contributed by atoms with Gasteiger partial charge in [-0.1, -0.05) is 36.4 Å². The van der Waals surface area contributed by atoms with Gasteiger partial charge in [-0.05, 0) is 52.9 Å². The molecule has 1 aliphatic carbocycles. The van der Waals surface area contributed by atoms with Crippen molar-refractivity contribution in [1.82, 2.24) is 30.2 Å². The Morgan fingerprint density at radius 2 is 1.97 bits per heavy atom. The number of fused-ring (bicyclic) bond motifs is 6. The van der Waals surface area contributed by atoms with Crippen LogP contribution in [-0.4, -0.2) is 30.2 Å². The largest absolute Gasteiger partial charge is 0.347 e. The third kappa shape index (κ3) is 2.64. The molecule has 0 fully saturated rings. The third-order valence-electron chi connectivity index (χ3n) is 5.56. The standard InChI is InChI=1S/C21H18N8/c1-2-8-14-13(6-1)7-5-10-16(14)24-21-22-12-15-19(25-21)23-17-9-3-4-11-18(17)29-20(15)26-27-28-29/h1-4,6,8-9,11-12,16H,5,7,10H2,(H2,22,23,24,25). The molecule has 1 atom stereocenters. The summed E-state index contributed by atoms with van der Waals surface area (Å²) in [6.07, 6.45) is 5.12. The van der Waals surface area contributed by atoms with Crippen LogP contribution in [0.5, 0.6) is 0 Å². The van der Waals surface area contributed by atoms with Crippen LogP contribution in [0, 0.1) is 0 Å². The van der Waals surface area contributed by atoms with Gasteiger partial charge in [-0.2, -0.15) is 9.67 Å². The smallest absolute Gasteiger partial charge is 0.225 e. The topological polar surface area (TPSA) is 93.4 Å². The van der Waals surface area contributed by atoms with Gasteiger partial charge in [0.15, 0.2) is 5.82 Å². The molecule has 8 heteroatoms. The number of aryl methyl sites for hydroxylation is 1. The summed E-state index contributed by atoms with van der Waals surface area (Å²) in [5.74, 6) is 1.90. The minimum absolute atomic E-state index is 0.210. The number of nitrogens with one attached hydrogen (secondary N) is 2. The molecule has 2 aliphatic rings. The van der Waals surface area contributed by atoms with Gasteiger partial charge in [0, 0.05) is 6.20 Å². The van der Waals surface area contributed by atoms with Crippen molar-refractivity contribution < 1.29 is 0 Å². The molecule has 2 aromatic heterocycles. The molecule has 1 unspecified atom stereocenters. The van der Waals surface area contributed by atoms with Crippen molar-refractivity contribution >= 4 is 17.5 Å². The third-order valence-corrected chi connectivity index (χ3v) is 5.56. The van der Waals surface area contributed by atoms with E-state index in [2.05, 4.69) is 55.4 Å². The summed E-state index contributed by atoms with van der Waals surface area (Å²) in [4.78, 5) is 9.35. The number of nitrogens with zero attached hydrogens (tertiary/aromatic N) is 6. The molecule has 3 heterocycles. The Labute approximate surface area is 167 Å². The molecule has 0 radical (unpaired) electrons. The van der Waals surface area contributed by atoms with Gasteiger partial charge in [-0.25, -0.2) is 4.98 Å². The first kappa shape index (κ1) is 16.2. The first-order valence-corrected chi connectivity index (χ1v) is 9.73. The highest BCUT2D eigenvalue weighted by Gasteiger charge is 2.25. The van der Waals surface area contributed by atoms with Gasteiger partial charge < -0.3 is 10.6 Å². The number of para-hydroxylation sites is 2. The Bertz CT molecular complexity index is 1210. The molecule has 2 N–H and O–H groups in total. The highest BCUT2D eigenvalue weighted by molar-refractivity contribution is 5.81. The fraction of sp³-hybridized carbons (Fsp3) is 0.190. The van der Waals surface area contributed by atoms with E-state index in [9.17, 15) is 0 Å². The number of rotatable bonds is 2. The zero-order valence-electron chi connectivity index (χ0n) is 15.6. The summed E-state index contributed by atoms with van der Waals surface area (Å²) in [5, 5.41) is 19.1. The van der Waals surface area contributed by atoms with Gasteiger partial charge in [-0.15, -0.1) is 5.10 Å². The lowest BCUT2D eigenvalue weighted by Crippen LogP contribution is -2.18. The minimum atomic E-state index is 0.210. The Morgan fingerprint density at radius 3 is 2.97 bits per heavy atom. The maximum atomic E-state index is 4.78. The fourth-order valence-corrected chi connectivity index (χ4v) is 4.18. The van der Waals surface area contributed by atoms with Crippen LogP contribution in [0.4, 0.5) is 17.5 Å². The number of anilines is 3. The van der Waals surface area contributed by atoms with E-state index < -0.39 is 0 Å². The summed E-state index contributed by atoms with van der Waals surface area (Å²) < 4.78 is 1.71. The van der Waals surface area contributed by atoms with Crippen molar-refractivity contribution in [3.63, 3.8) is 0 Å². The van der Waals surface area contributed by atoms with Gasteiger partial charge in [0.25, 0.3) is 0 Å². The summed E-state index contributed by atoms with van der Waals surface area (Å²) >= 11 is 0. The van der Waals surface area contributed by atoms with Crippen LogP contribution < -0.4 is 10.6 Å². The molecule has 4 aromatic rings. The second-order valence-corrected chi connectivity index (χ2v) is 7.30. The molecular weight excluding hydrogens is 364 g/mol. The molecule has 1 aliphatic heterocycles. The van der Waals surface area contributed by atoms with E-state index in [1.165, 1.54) is 11.1 Å². The first-order chi connectivity index (χ1) is 14.4. The van der Waals surface area contributed by atoms with Gasteiger partial charge in [0.05, 0.1) is 23.0 Å². The predicted octanol–water partition coefficient (Wildman–Crippen LogP) is 3.67. The molecular formula is C21H18N8. The van der Waals surface area contributed by atoms with Gasteiger partial charge >= 0.3 is 0 Å². The molecule has 8 nitrogen and oxygen atoms in total. The lowest BCUT2D eigenvalue weighted by Gasteiger charge is -2.26. The van der Waals surface area contributed by atoms with Crippen molar-refractivity contribution in [1.29, 1.82) is 0 Å². The zero-order valence-corrected chi connectivity index (χ0v) is 15.6. The summed E-state index contributed by atoms with van der Waals surface area (Å²) in [6.45, 7) is 0. The number of benzene rings is 2. The maximum absolute atomic E-state index is 4.78. The van der Waals surface area contributed by atoms with Crippen molar-refractivity contribution in [2.45, 2.75) is 25.3 Å². The monoisotopic (exact) mass is 382 g/mol. The van der Waals surface area contributed by atoms with Crippen molar-refractivity contribution in [2.75, 3.05) is 10.6 Å².